The van der Waals surface area contributed by atoms with Gasteiger partial charge in [-0.1, -0.05) is 6.92 Å². The van der Waals surface area contributed by atoms with E-state index in [2.05, 4.69) is 27.0 Å². The minimum absolute atomic E-state index is 0.0515. The van der Waals surface area contributed by atoms with E-state index in [1.54, 1.807) is 4.90 Å². The van der Waals surface area contributed by atoms with Gasteiger partial charge in [0.2, 0.25) is 5.91 Å². The molecule has 2 N–H and O–H groups in total. The summed E-state index contributed by atoms with van der Waals surface area (Å²) in [5, 5.41) is 2.96. The highest BCUT2D eigenvalue weighted by atomic mass is 16.2. The Kier molecular flexibility index (Phi) is 8.77. The van der Waals surface area contributed by atoms with Crippen LogP contribution >= 0.6 is 0 Å². The SMILES string of the molecule is CCN1CCN(c2ccc(-c3cc(C(=O)NCc4c(C)cc(C)[nH]c4=O)c(C)c(N(CC)C(=O)C4CC4)c3)cn2)CC1. The van der Waals surface area contributed by atoms with E-state index in [-0.39, 0.29) is 29.8 Å². The quantitative estimate of drug-likeness (QED) is 0.400. The Morgan fingerprint density at radius 1 is 1.02 bits per heavy atom. The fraction of sp³-hybridized carbons (Fsp3) is 0.455. The molecule has 2 fully saturated rings. The van der Waals surface area contributed by atoms with Crippen molar-refractivity contribution in [1.82, 2.24) is 20.2 Å². The van der Waals surface area contributed by atoms with E-state index in [0.717, 1.165) is 85.0 Å². The first-order valence-electron chi connectivity index (χ1n) is 15.1. The van der Waals surface area contributed by atoms with Crippen LogP contribution in [-0.4, -0.2) is 66.0 Å². The second kappa shape index (κ2) is 12.5. The summed E-state index contributed by atoms with van der Waals surface area (Å²) >= 11 is 0. The number of nitrogens with zero attached hydrogens (tertiary/aromatic N) is 4. The Bertz CT molecular complexity index is 1520. The molecule has 1 saturated carbocycles. The smallest absolute Gasteiger partial charge is 0.253 e. The minimum Gasteiger partial charge on any atom is -0.354 e. The molecular weight excluding hydrogens is 528 g/mol. The molecule has 0 atom stereocenters. The van der Waals surface area contributed by atoms with Gasteiger partial charge in [0, 0.05) is 79.5 Å². The van der Waals surface area contributed by atoms with Gasteiger partial charge < -0.3 is 25.0 Å². The number of hydrogen-bond donors (Lipinski definition) is 2. The van der Waals surface area contributed by atoms with Crippen molar-refractivity contribution in [1.29, 1.82) is 0 Å². The first-order valence-corrected chi connectivity index (χ1v) is 15.1. The van der Waals surface area contributed by atoms with Gasteiger partial charge in [-0.15, -0.1) is 0 Å². The van der Waals surface area contributed by atoms with Gasteiger partial charge in [-0.25, -0.2) is 4.98 Å². The van der Waals surface area contributed by atoms with Crippen LogP contribution in [0.25, 0.3) is 11.1 Å². The fourth-order valence-corrected chi connectivity index (χ4v) is 5.78. The summed E-state index contributed by atoms with van der Waals surface area (Å²) in [6.45, 7) is 15.4. The molecule has 1 aromatic carbocycles. The van der Waals surface area contributed by atoms with Crippen LogP contribution in [0.1, 0.15) is 59.4 Å². The van der Waals surface area contributed by atoms with Crippen LogP contribution in [0, 0.1) is 26.7 Å². The molecule has 9 nitrogen and oxygen atoms in total. The molecule has 1 aliphatic heterocycles. The number of aromatic amines is 1. The zero-order valence-electron chi connectivity index (χ0n) is 25.4. The number of benzene rings is 1. The average Bonchev–Trinajstić information content (AvgIpc) is 3.84. The molecule has 3 aromatic rings. The first-order chi connectivity index (χ1) is 20.2. The molecule has 3 heterocycles. The Morgan fingerprint density at radius 2 is 1.76 bits per heavy atom. The van der Waals surface area contributed by atoms with Crippen molar-refractivity contribution in [2.45, 2.75) is 54.0 Å². The summed E-state index contributed by atoms with van der Waals surface area (Å²) in [6.07, 6.45) is 3.67. The van der Waals surface area contributed by atoms with Crippen molar-refractivity contribution in [3.63, 3.8) is 0 Å². The third kappa shape index (κ3) is 6.26. The number of aryl methyl sites for hydroxylation is 2. The Labute approximate surface area is 247 Å². The average molecular weight is 571 g/mol. The molecular formula is C33H42N6O3. The second-order valence-electron chi connectivity index (χ2n) is 11.5. The summed E-state index contributed by atoms with van der Waals surface area (Å²) in [7, 11) is 0. The van der Waals surface area contributed by atoms with Crippen molar-refractivity contribution in [3.8, 4) is 11.1 Å². The van der Waals surface area contributed by atoms with Crippen LogP contribution in [0.2, 0.25) is 0 Å². The zero-order valence-corrected chi connectivity index (χ0v) is 25.4. The number of hydrogen-bond acceptors (Lipinski definition) is 6. The number of H-pyrrole nitrogens is 1. The second-order valence-corrected chi connectivity index (χ2v) is 11.5. The van der Waals surface area contributed by atoms with Crippen molar-refractivity contribution < 1.29 is 9.59 Å². The molecule has 222 valence electrons. The summed E-state index contributed by atoms with van der Waals surface area (Å²) in [5.41, 5.74) is 5.59. The topological polar surface area (TPSA) is 102 Å². The number of carbonyl (C=O) groups excluding carboxylic acids is 2. The summed E-state index contributed by atoms with van der Waals surface area (Å²) < 4.78 is 0. The van der Waals surface area contributed by atoms with Crippen molar-refractivity contribution in [2.24, 2.45) is 5.92 Å². The normalized spacial score (nSPS) is 15.5. The molecule has 1 aliphatic carbocycles. The maximum Gasteiger partial charge on any atom is 0.253 e. The molecule has 9 heteroatoms. The van der Waals surface area contributed by atoms with Crippen molar-refractivity contribution >= 4 is 23.3 Å². The van der Waals surface area contributed by atoms with Gasteiger partial charge in [-0.05, 0) is 94.1 Å². The lowest BCUT2D eigenvalue weighted by atomic mass is 9.97. The van der Waals surface area contributed by atoms with Gasteiger partial charge in [0.05, 0.1) is 0 Å². The third-order valence-corrected chi connectivity index (χ3v) is 8.57. The number of carbonyl (C=O) groups is 2. The lowest BCUT2D eigenvalue weighted by Gasteiger charge is -2.34. The molecule has 5 rings (SSSR count). The van der Waals surface area contributed by atoms with Crippen molar-refractivity contribution in [3.05, 3.63) is 74.8 Å². The van der Waals surface area contributed by atoms with Gasteiger partial charge in [0.1, 0.15) is 5.82 Å². The molecule has 2 aliphatic rings. The number of likely N-dealkylation sites (N-methyl/N-ethyl adjacent to an activating group) is 1. The van der Waals surface area contributed by atoms with E-state index in [0.29, 0.717) is 17.7 Å². The highest BCUT2D eigenvalue weighted by Crippen LogP contribution is 2.36. The van der Waals surface area contributed by atoms with E-state index in [9.17, 15) is 14.4 Å². The Balaban J connectivity index is 1.47. The Hall–Kier alpha value is -3.98. The van der Waals surface area contributed by atoms with E-state index < -0.39 is 0 Å². The summed E-state index contributed by atoms with van der Waals surface area (Å²) in [5.74, 6) is 0.808. The number of piperazine rings is 1. The predicted molar refractivity (Wildman–Crippen MR) is 167 cm³/mol. The molecule has 2 aromatic heterocycles. The Morgan fingerprint density at radius 3 is 2.36 bits per heavy atom. The first kappa shape index (κ1) is 29.5. The molecule has 1 saturated heterocycles. The van der Waals surface area contributed by atoms with Crippen molar-refractivity contribution in [2.75, 3.05) is 49.1 Å². The van der Waals surface area contributed by atoms with E-state index in [1.807, 2.05) is 64.2 Å². The predicted octanol–water partition coefficient (Wildman–Crippen LogP) is 4.20. The molecule has 42 heavy (non-hydrogen) atoms. The van der Waals surface area contributed by atoms with Gasteiger partial charge in [0.15, 0.2) is 0 Å². The molecule has 0 bridgehead atoms. The van der Waals surface area contributed by atoms with Gasteiger partial charge in [-0.3, -0.25) is 14.4 Å². The summed E-state index contributed by atoms with van der Waals surface area (Å²) in [6, 6.07) is 9.85. The van der Waals surface area contributed by atoms with Crippen LogP contribution in [-0.2, 0) is 11.3 Å². The van der Waals surface area contributed by atoms with Crippen LogP contribution < -0.4 is 20.7 Å². The minimum atomic E-state index is -0.289. The number of amides is 2. The van der Waals surface area contributed by atoms with Gasteiger partial charge >= 0.3 is 0 Å². The number of aromatic nitrogens is 2. The molecule has 2 amide bonds. The fourth-order valence-electron chi connectivity index (χ4n) is 5.78. The number of nitrogens with one attached hydrogen (secondary N) is 2. The highest BCUT2D eigenvalue weighted by Gasteiger charge is 2.34. The van der Waals surface area contributed by atoms with E-state index >= 15 is 0 Å². The maximum absolute atomic E-state index is 13.6. The van der Waals surface area contributed by atoms with Gasteiger partial charge in [0.25, 0.3) is 11.5 Å². The van der Waals surface area contributed by atoms with Crippen LogP contribution in [0.4, 0.5) is 11.5 Å². The standard InChI is InChI=1S/C33H42N6O3/c1-6-37-12-14-38(15-13-37)30-11-10-25(19-34-30)26-17-27(23(5)29(18-26)39(7-2)33(42)24-8-9-24)31(40)35-20-28-21(3)16-22(4)36-32(28)41/h10-11,16-19,24H,6-9,12-15,20H2,1-5H3,(H,35,40)(H,36,41). The lowest BCUT2D eigenvalue weighted by Crippen LogP contribution is -2.46. The monoisotopic (exact) mass is 570 g/mol. The van der Waals surface area contributed by atoms with E-state index in [4.69, 9.17) is 4.98 Å². The van der Waals surface area contributed by atoms with Crippen LogP contribution in [0.5, 0.6) is 0 Å². The van der Waals surface area contributed by atoms with Crippen LogP contribution in [0.15, 0.2) is 41.3 Å². The highest BCUT2D eigenvalue weighted by molar-refractivity contribution is 6.03. The number of rotatable bonds is 9. The van der Waals surface area contributed by atoms with Gasteiger partial charge in [-0.2, -0.15) is 0 Å². The summed E-state index contributed by atoms with van der Waals surface area (Å²) in [4.78, 5) is 53.6. The zero-order chi connectivity index (χ0) is 30.0. The maximum atomic E-state index is 13.6. The molecule has 0 unspecified atom stereocenters. The molecule has 0 spiro atoms. The van der Waals surface area contributed by atoms with E-state index in [1.165, 1.54) is 0 Å². The molecule has 0 radical (unpaired) electrons. The van der Waals surface area contributed by atoms with Crippen LogP contribution in [0.3, 0.4) is 0 Å². The number of anilines is 2. The number of pyridine rings is 2. The third-order valence-electron chi connectivity index (χ3n) is 8.57. The lowest BCUT2D eigenvalue weighted by molar-refractivity contribution is -0.119. The largest absolute Gasteiger partial charge is 0.354 e.